The Morgan fingerprint density at radius 2 is 1.75 bits per heavy atom. The Labute approximate surface area is 116 Å². The second-order valence-electron chi connectivity index (χ2n) is 6.27. The van der Waals surface area contributed by atoms with Gasteiger partial charge in [0.15, 0.2) is 11.6 Å². The molecule has 0 aromatic heterocycles. The molecule has 0 atom stereocenters. The van der Waals surface area contributed by atoms with Crippen molar-refractivity contribution in [3.8, 4) is 5.75 Å². The molecule has 0 amide bonds. The van der Waals surface area contributed by atoms with E-state index in [2.05, 4.69) is 37.7 Å². The van der Waals surface area contributed by atoms with Crippen molar-refractivity contribution in [3.05, 3.63) is 17.9 Å². The summed E-state index contributed by atoms with van der Waals surface area (Å²) in [6.45, 7) is 5.32. The standard InChI is InChI=1S/C14H19F3N2O/c1-13(2)11(14(13,3)4)19-9-6-10(20-12(16)17)7(15)5-8(9)18/h5-6,11-12,19H,18H2,1-4H3. The molecule has 1 aromatic carbocycles. The first-order chi connectivity index (χ1) is 9.07. The summed E-state index contributed by atoms with van der Waals surface area (Å²) in [5.74, 6) is -1.41. The van der Waals surface area contributed by atoms with Crippen LogP contribution in [0.5, 0.6) is 5.75 Å². The van der Waals surface area contributed by atoms with Crippen LogP contribution in [0.4, 0.5) is 24.5 Å². The molecule has 1 aliphatic rings. The summed E-state index contributed by atoms with van der Waals surface area (Å²) in [7, 11) is 0. The van der Waals surface area contributed by atoms with Gasteiger partial charge in [-0.05, 0) is 10.8 Å². The Kier molecular flexibility index (Phi) is 3.31. The van der Waals surface area contributed by atoms with Gasteiger partial charge in [0, 0.05) is 18.2 Å². The average molecular weight is 288 g/mol. The topological polar surface area (TPSA) is 47.3 Å². The Hall–Kier alpha value is -1.59. The van der Waals surface area contributed by atoms with E-state index in [0.29, 0.717) is 5.69 Å². The third kappa shape index (κ3) is 2.27. The summed E-state index contributed by atoms with van der Waals surface area (Å²) in [4.78, 5) is 0. The summed E-state index contributed by atoms with van der Waals surface area (Å²) in [6, 6.07) is 2.30. The molecule has 0 saturated heterocycles. The lowest BCUT2D eigenvalue weighted by molar-refractivity contribution is -0.0521. The molecule has 2 rings (SSSR count). The number of alkyl halides is 2. The molecule has 0 unspecified atom stereocenters. The van der Waals surface area contributed by atoms with E-state index >= 15 is 0 Å². The molecule has 0 aliphatic heterocycles. The molecule has 3 nitrogen and oxygen atoms in total. The third-order valence-electron chi connectivity index (χ3n) is 4.64. The van der Waals surface area contributed by atoms with Crippen molar-refractivity contribution in [1.82, 2.24) is 0 Å². The molecular weight excluding hydrogens is 269 g/mol. The van der Waals surface area contributed by atoms with Crippen LogP contribution in [0.1, 0.15) is 27.7 Å². The van der Waals surface area contributed by atoms with Crippen molar-refractivity contribution >= 4 is 11.4 Å². The summed E-state index contributed by atoms with van der Waals surface area (Å²) in [5.41, 5.74) is 6.38. The quantitative estimate of drug-likeness (QED) is 0.827. The molecule has 112 valence electrons. The largest absolute Gasteiger partial charge is 0.432 e. The van der Waals surface area contributed by atoms with Crippen LogP contribution in [-0.4, -0.2) is 12.7 Å². The number of nitrogens with two attached hydrogens (primary N) is 1. The SMILES string of the molecule is CC1(C)C(Nc2cc(OC(F)F)c(F)cc2N)C1(C)C. The molecule has 0 spiro atoms. The van der Waals surface area contributed by atoms with E-state index < -0.39 is 18.2 Å². The lowest BCUT2D eigenvalue weighted by Crippen LogP contribution is -2.13. The highest BCUT2D eigenvalue weighted by Gasteiger charge is 2.65. The molecule has 1 saturated carbocycles. The minimum atomic E-state index is -3.07. The number of benzene rings is 1. The maximum Gasteiger partial charge on any atom is 0.387 e. The Balaban J connectivity index is 2.25. The second kappa shape index (κ2) is 4.46. The zero-order chi connectivity index (χ0) is 15.3. The van der Waals surface area contributed by atoms with Gasteiger partial charge in [-0.1, -0.05) is 27.7 Å². The Bertz CT molecular complexity index is 515. The van der Waals surface area contributed by atoms with Gasteiger partial charge in [0.1, 0.15) is 0 Å². The summed E-state index contributed by atoms with van der Waals surface area (Å²) in [6.07, 6.45) is 0. The average Bonchev–Trinajstić information content (AvgIpc) is 2.66. The van der Waals surface area contributed by atoms with E-state index in [1.807, 2.05) is 0 Å². The van der Waals surface area contributed by atoms with Gasteiger partial charge in [0.05, 0.1) is 11.4 Å². The fourth-order valence-electron chi connectivity index (χ4n) is 2.59. The highest BCUT2D eigenvalue weighted by atomic mass is 19.3. The normalized spacial score (nSPS) is 20.0. The van der Waals surface area contributed by atoms with Gasteiger partial charge in [-0.25, -0.2) is 4.39 Å². The molecule has 1 aliphatic carbocycles. The van der Waals surface area contributed by atoms with Crippen LogP contribution in [0.25, 0.3) is 0 Å². The monoisotopic (exact) mass is 288 g/mol. The van der Waals surface area contributed by atoms with Crippen molar-refractivity contribution in [2.24, 2.45) is 10.8 Å². The van der Waals surface area contributed by atoms with Crippen LogP contribution in [0.2, 0.25) is 0 Å². The number of nitrogens with one attached hydrogen (secondary N) is 1. The van der Waals surface area contributed by atoms with Gasteiger partial charge in [0.2, 0.25) is 0 Å². The van der Waals surface area contributed by atoms with Gasteiger partial charge in [-0.3, -0.25) is 0 Å². The zero-order valence-corrected chi connectivity index (χ0v) is 11.9. The fraction of sp³-hybridized carbons (Fsp3) is 0.571. The minimum Gasteiger partial charge on any atom is -0.432 e. The first kappa shape index (κ1) is 14.8. The number of anilines is 2. The van der Waals surface area contributed by atoms with Gasteiger partial charge in [0.25, 0.3) is 0 Å². The maximum atomic E-state index is 13.5. The summed E-state index contributed by atoms with van der Waals surface area (Å²) < 4.78 is 42.1. The highest BCUT2D eigenvalue weighted by Crippen LogP contribution is 2.64. The van der Waals surface area contributed by atoms with E-state index in [1.54, 1.807) is 0 Å². The first-order valence-electron chi connectivity index (χ1n) is 6.37. The fourth-order valence-corrected chi connectivity index (χ4v) is 2.59. The van der Waals surface area contributed by atoms with E-state index in [9.17, 15) is 13.2 Å². The minimum absolute atomic E-state index is 0.0392. The molecule has 0 radical (unpaired) electrons. The zero-order valence-electron chi connectivity index (χ0n) is 11.9. The van der Waals surface area contributed by atoms with E-state index in [1.165, 1.54) is 6.07 Å². The molecule has 1 aromatic rings. The van der Waals surface area contributed by atoms with Crippen LogP contribution in [0.15, 0.2) is 12.1 Å². The van der Waals surface area contributed by atoms with Gasteiger partial charge in [-0.15, -0.1) is 0 Å². The van der Waals surface area contributed by atoms with Crippen molar-refractivity contribution in [3.63, 3.8) is 0 Å². The molecule has 20 heavy (non-hydrogen) atoms. The lowest BCUT2D eigenvalue weighted by atomic mass is 10.0. The maximum absolute atomic E-state index is 13.5. The number of hydrogen-bond donors (Lipinski definition) is 2. The van der Waals surface area contributed by atoms with E-state index in [4.69, 9.17) is 5.73 Å². The van der Waals surface area contributed by atoms with Crippen molar-refractivity contribution in [1.29, 1.82) is 0 Å². The van der Waals surface area contributed by atoms with Crippen molar-refractivity contribution in [2.75, 3.05) is 11.1 Å². The molecular formula is C14H19F3N2O. The number of hydrogen-bond acceptors (Lipinski definition) is 3. The Morgan fingerprint density at radius 3 is 2.20 bits per heavy atom. The molecule has 0 bridgehead atoms. The molecule has 0 heterocycles. The molecule has 1 fully saturated rings. The smallest absolute Gasteiger partial charge is 0.387 e. The highest BCUT2D eigenvalue weighted by molar-refractivity contribution is 5.70. The van der Waals surface area contributed by atoms with Crippen LogP contribution in [0.3, 0.4) is 0 Å². The molecule has 6 heteroatoms. The van der Waals surface area contributed by atoms with Crippen LogP contribution in [0, 0.1) is 16.6 Å². The van der Waals surface area contributed by atoms with Gasteiger partial charge < -0.3 is 15.8 Å². The number of rotatable bonds is 4. The van der Waals surface area contributed by atoms with Crippen LogP contribution >= 0.6 is 0 Å². The van der Waals surface area contributed by atoms with Gasteiger partial charge in [-0.2, -0.15) is 8.78 Å². The van der Waals surface area contributed by atoms with Crippen molar-refractivity contribution < 1.29 is 17.9 Å². The predicted molar refractivity (Wildman–Crippen MR) is 72.4 cm³/mol. The van der Waals surface area contributed by atoms with E-state index in [0.717, 1.165) is 6.07 Å². The summed E-state index contributed by atoms with van der Waals surface area (Å²) >= 11 is 0. The second-order valence-corrected chi connectivity index (χ2v) is 6.27. The lowest BCUT2D eigenvalue weighted by Gasteiger charge is -2.14. The van der Waals surface area contributed by atoms with Gasteiger partial charge >= 0.3 is 6.61 Å². The molecule has 3 N–H and O–H groups in total. The van der Waals surface area contributed by atoms with Crippen molar-refractivity contribution in [2.45, 2.75) is 40.3 Å². The number of ether oxygens (including phenoxy) is 1. The first-order valence-corrected chi connectivity index (χ1v) is 6.37. The van der Waals surface area contributed by atoms with Crippen LogP contribution in [-0.2, 0) is 0 Å². The van der Waals surface area contributed by atoms with E-state index in [-0.39, 0.29) is 22.6 Å². The summed E-state index contributed by atoms with van der Waals surface area (Å²) in [5, 5.41) is 3.19. The third-order valence-corrected chi connectivity index (χ3v) is 4.64. The van der Waals surface area contributed by atoms with Crippen LogP contribution < -0.4 is 15.8 Å². The predicted octanol–water partition coefficient (Wildman–Crippen LogP) is 3.86. The number of halogens is 3. The Morgan fingerprint density at radius 1 is 1.20 bits per heavy atom. The number of nitrogen functional groups attached to an aromatic ring is 1.